The molecule has 0 saturated carbocycles. The second kappa shape index (κ2) is 9.59. The van der Waals surface area contributed by atoms with Gasteiger partial charge in [0.1, 0.15) is 5.56 Å². The van der Waals surface area contributed by atoms with Crippen LogP contribution in [0.3, 0.4) is 0 Å². The van der Waals surface area contributed by atoms with Crippen LogP contribution in [0.4, 0.5) is 5.69 Å². The van der Waals surface area contributed by atoms with Crippen LogP contribution in [-0.4, -0.2) is 23.6 Å². The minimum Gasteiger partial charge on any atom is -0.320 e. The van der Waals surface area contributed by atoms with Crippen molar-refractivity contribution in [1.82, 2.24) is 9.88 Å². The van der Waals surface area contributed by atoms with Gasteiger partial charge >= 0.3 is 0 Å². The third kappa shape index (κ3) is 4.96. The van der Waals surface area contributed by atoms with Crippen molar-refractivity contribution >= 4 is 35.6 Å². The van der Waals surface area contributed by atoms with Gasteiger partial charge in [0.25, 0.3) is 11.5 Å². The molecule has 0 bridgehead atoms. The molecule has 2 aromatic rings. The van der Waals surface area contributed by atoms with Gasteiger partial charge in [-0.25, -0.2) is 0 Å². The highest BCUT2D eigenvalue weighted by atomic mass is 35.5. The summed E-state index contributed by atoms with van der Waals surface area (Å²) in [6, 6.07) is 5.58. The summed E-state index contributed by atoms with van der Waals surface area (Å²) in [5.41, 5.74) is 3.04. The lowest BCUT2D eigenvalue weighted by atomic mass is 9.99. The van der Waals surface area contributed by atoms with Crippen molar-refractivity contribution in [2.24, 2.45) is 5.92 Å². The lowest BCUT2D eigenvalue weighted by Crippen LogP contribution is -2.36. The van der Waals surface area contributed by atoms with Crippen LogP contribution < -0.4 is 16.2 Å². The Morgan fingerprint density at radius 2 is 2.04 bits per heavy atom. The number of rotatable bonds is 4. The molecule has 5 nitrogen and oxygen atoms in total. The lowest BCUT2D eigenvalue weighted by Gasteiger charge is -2.23. The number of benzene rings is 1. The zero-order valence-corrected chi connectivity index (χ0v) is 18.0. The van der Waals surface area contributed by atoms with E-state index in [4.69, 9.17) is 11.6 Å². The molecular weight excluding hydrogens is 397 g/mol. The van der Waals surface area contributed by atoms with Gasteiger partial charge in [-0.15, -0.1) is 12.4 Å². The Labute approximate surface area is 176 Å². The molecule has 7 heteroatoms. The molecule has 1 aliphatic rings. The molecule has 1 aromatic heterocycles. The quantitative estimate of drug-likeness (QED) is 0.777. The fraction of sp³-hybridized carbons (Fsp3) is 0.429. The predicted molar refractivity (Wildman–Crippen MR) is 117 cm³/mol. The molecule has 1 unspecified atom stereocenters. The standard InChI is InChI=1S/C21H26ClN3O2.ClH/c1-13-9-15(3)19(17(22)10-13)24-20(26)18-14(2)6-8-25(21(18)27)12-16-5-4-7-23-11-16;/h6,8-10,16,23H,4-5,7,11-12H2,1-3H3,(H,24,26);1H. The molecule has 1 atom stereocenters. The van der Waals surface area contributed by atoms with Crippen LogP contribution in [0.5, 0.6) is 0 Å². The maximum absolute atomic E-state index is 13.0. The van der Waals surface area contributed by atoms with E-state index in [1.807, 2.05) is 26.0 Å². The fourth-order valence-corrected chi connectivity index (χ4v) is 4.06. The van der Waals surface area contributed by atoms with Gasteiger partial charge < -0.3 is 15.2 Å². The van der Waals surface area contributed by atoms with Crippen LogP contribution in [0, 0.1) is 26.7 Å². The summed E-state index contributed by atoms with van der Waals surface area (Å²) < 4.78 is 1.66. The number of nitrogens with one attached hydrogen (secondary N) is 2. The van der Waals surface area contributed by atoms with E-state index in [1.165, 1.54) is 0 Å². The zero-order valence-electron chi connectivity index (χ0n) is 16.5. The van der Waals surface area contributed by atoms with Crippen LogP contribution in [-0.2, 0) is 6.54 Å². The molecule has 1 amide bonds. The summed E-state index contributed by atoms with van der Waals surface area (Å²) in [6.45, 7) is 8.18. The molecule has 0 spiro atoms. The summed E-state index contributed by atoms with van der Waals surface area (Å²) >= 11 is 6.30. The van der Waals surface area contributed by atoms with Crippen molar-refractivity contribution in [2.75, 3.05) is 18.4 Å². The molecular formula is C21H27Cl2N3O2. The average Bonchev–Trinajstić information content (AvgIpc) is 2.61. The Balaban J connectivity index is 0.00000280. The van der Waals surface area contributed by atoms with E-state index < -0.39 is 5.91 Å². The molecule has 3 rings (SSSR count). The van der Waals surface area contributed by atoms with Gasteiger partial charge in [-0.05, 0) is 81.4 Å². The number of piperidine rings is 1. The molecule has 2 N–H and O–H groups in total. The SMILES string of the molecule is Cc1cc(C)c(NC(=O)c2c(C)ccn(CC3CCCNC3)c2=O)c(Cl)c1.Cl. The van der Waals surface area contributed by atoms with Crippen molar-refractivity contribution in [3.63, 3.8) is 0 Å². The summed E-state index contributed by atoms with van der Waals surface area (Å²) in [4.78, 5) is 25.9. The van der Waals surface area contributed by atoms with E-state index in [0.29, 0.717) is 28.7 Å². The number of amides is 1. The van der Waals surface area contributed by atoms with E-state index in [9.17, 15) is 9.59 Å². The summed E-state index contributed by atoms with van der Waals surface area (Å²) in [6.07, 6.45) is 3.99. The summed E-state index contributed by atoms with van der Waals surface area (Å²) in [5, 5.41) is 6.68. The maximum Gasteiger partial charge on any atom is 0.263 e. The largest absolute Gasteiger partial charge is 0.320 e. The molecule has 1 aromatic carbocycles. The smallest absolute Gasteiger partial charge is 0.263 e. The topological polar surface area (TPSA) is 63.1 Å². The Hall–Kier alpha value is -1.82. The average molecular weight is 424 g/mol. The number of hydrogen-bond acceptors (Lipinski definition) is 3. The monoisotopic (exact) mass is 423 g/mol. The molecule has 0 radical (unpaired) electrons. The summed E-state index contributed by atoms with van der Waals surface area (Å²) in [5.74, 6) is -0.00803. The first-order valence-electron chi connectivity index (χ1n) is 9.35. The molecule has 0 aliphatic carbocycles. The van der Waals surface area contributed by atoms with Crippen molar-refractivity contribution in [1.29, 1.82) is 0 Å². The van der Waals surface area contributed by atoms with E-state index in [2.05, 4.69) is 10.6 Å². The van der Waals surface area contributed by atoms with Crippen LogP contribution in [0.2, 0.25) is 5.02 Å². The van der Waals surface area contributed by atoms with Crippen molar-refractivity contribution < 1.29 is 4.79 Å². The lowest BCUT2D eigenvalue weighted by molar-refractivity contribution is 0.102. The summed E-state index contributed by atoms with van der Waals surface area (Å²) in [7, 11) is 0. The third-order valence-corrected chi connectivity index (χ3v) is 5.42. The first-order chi connectivity index (χ1) is 12.9. The number of aryl methyl sites for hydroxylation is 3. The second-order valence-electron chi connectivity index (χ2n) is 7.44. The molecule has 1 saturated heterocycles. The van der Waals surface area contributed by atoms with Gasteiger partial charge in [0, 0.05) is 12.7 Å². The highest BCUT2D eigenvalue weighted by Gasteiger charge is 2.20. The number of hydrogen-bond donors (Lipinski definition) is 2. The Morgan fingerprint density at radius 1 is 1.29 bits per heavy atom. The minimum absolute atomic E-state index is 0. The normalized spacial score (nSPS) is 16.4. The molecule has 1 aliphatic heterocycles. The van der Waals surface area contributed by atoms with Crippen LogP contribution in [0.15, 0.2) is 29.2 Å². The zero-order chi connectivity index (χ0) is 19.6. The van der Waals surface area contributed by atoms with Gasteiger partial charge in [-0.1, -0.05) is 17.7 Å². The Bertz CT molecular complexity index is 895. The van der Waals surface area contributed by atoms with Crippen LogP contribution >= 0.6 is 24.0 Å². The van der Waals surface area contributed by atoms with E-state index in [0.717, 1.165) is 37.1 Å². The van der Waals surface area contributed by atoms with Gasteiger partial charge in [0.2, 0.25) is 0 Å². The molecule has 152 valence electrons. The van der Waals surface area contributed by atoms with Crippen molar-refractivity contribution in [3.05, 3.63) is 62.0 Å². The number of pyridine rings is 1. The van der Waals surface area contributed by atoms with Crippen LogP contribution in [0.25, 0.3) is 0 Å². The molecule has 28 heavy (non-hydrogen) atoms. The van der Waals surface area contributed by atoms with Crippen LogP contribution in [0.1, 0.15) is 39.9 Å². The van der Waals surface area contributed by atoms with E-state index >= 15 is 0 Å². The van der Waals surface area contributed by atoms with Gasteiger partial charge in [-0.3, -0.25) is 9.59 Å². The number of carbonyl (C=O) groups excluding carboxylic acids is 1. The number of carbonyl (C=O) groups is 1. The third-order valence-electron chi connectivity index (χ3n) is 5.12. The number of aromatic nitrogens is 1. The minimum atomic E-state index is -0.414. The molecule has 1 fully saturated rings. The van der Waals surface area contributed by atoms with Gasteiger partial charge in [0.05, 0.1) is 10.7 Å². The van der Waals surface area contributed by atoms with Gasteiger partial charge in [-0.2, -0.15) is 0 Å². The first kappa shape index (κ1) is 22.5. The van der Waals surface area contributed by atoms with E-state index in [-0.39, 0.29) is 23.5 Å². The fourth-order valence-electron chi connectivity index (χ4n) is 3.69. The highest BCUT2D eigenvalue weighted by molar-refractivity contribution is 6.34. The maximum atomic E-state index is 13.0. The predicted octanol–water partition coefficient (Wildman–Crippen LogP) is 4.10. The number of anilines is 1. The number of nitrogens with zero attached hydrogens (tertiary/aromatic N) is 1. The van der Waals surface area contributed by atoms with Crippen molar-refractivity contribution in [3.8, 4) is 0 Å². The Kier molecular flexibility index (Phi) is 7.70. The highest BCUT2D eigenvalue weighted by Crippen LogP contribution is 2.27. The van der Waals surface area contributed by atoms with Gasteiger partial charge in [0.15, 0.2) is 0 Å². The molecule has 2 heterocycles. The van der Waals surface area contributed by atoms with E-state index in [1.54, 1.807) is 23.8 Å². The Morgan fingerprint density at radius 3 is 2.68 bits per heavy atom. The second-order valence-corrected chi connectivity index (χ2v) is 7.84. The number of halogens is 2. The first-order valence-corrected chi connectivity index (χ1v) is 9.73. The van der Waals surface area contributed by atoms with Crippen molar-refractivity contribution in [2.45, 2.75) is 40.2 Å².